The third-order valence-electron chi connectivity index (χ3n) is 4.38. The Balaban J connectivity index is 1.66. The highest BCUT2D eigenvalue weighted by atomic mass is 32.1. The van der Waals surface area contributed by atoms with E-state index in [1.54, 1.807) is 11.8 Å². The Morgan fingerprint density at radius 3 is 2.52 bits per heavy atom. The fourth-order valence-electron chi connectivity index (χ4n) is 2.84. The second kappa shape index (κ2) is 7.78. The summed E-state index contributed by atoms with van der Waals surface area (Å²) in [5.41, 5.74) is 2.88. The van der Waals surface area contributed by atoms with Crippen molar-refractivity contribution in [1.29, 1.82) is 0 Å². The summed E-state index contributed by atoms with van der Waals surface area (Å²) in [4.78, 5) is 31.0. The molecule has 1 aliphatic heterocycles. The largest absolute Gasteiger partial charge is 0.451 e. The predicted octanol–water partition coefficient (Wildman–Crippen LogP) is 3.46. The lowest BCUT2D eigenvalue weighted by Gasteiger charge is -2.14. The zero-order chi connectivity index (χ0) is 17.8. The first-order valence-corrected chi connectivity index (χ1v) is 9.41. The highest BCUT2D eigenvalue weighted by Gasteiger charge is 2.22. The van der Waals surface area contributed by atoms with E-state index in [1.165, 1.54) is 16.9 Å². The summed E-state index contributed by atoms with van der Waals surface area (Å²) in [6.07, 6.45) is 3.03. The van der Waals surface area contributed by atoms with Crippen LogP contribution in [-0.2, 0) is 16.0 Å². The number of benzene rings is 1. The summed E-state index contributed by atoms with van der Waals surface area (Å²) in [7, 11) is 0. The van der Waals surface area contributed by atoms with E-state index in [4.69, 9.17) is 4.74 Å². The molecular formula is C19H22N2O3S. The molecule has 2 aromatic rings. The zero-order valence-electron chi connectivity index (χ0n) is 14.6. The molecule has 25 heavy (non-hydrogen) atoms. The van der Waals surface area contributed by atoms with Crippen LogP contribution in [0.1, 0.15) is 40.7 Å². The molecule has 1 aromatic heterocycles. The minimum absolute atomic E-state index is 0.122. The highest BCUT2D eigenvalue weighted by molar-refractivity contribution is 7.17. The molecule has 1 aliphatic rings. The Morgan fingerprint density at radius 1 is 1.20 bits per heavy atom. The number of esters is 1. The average molecular weight is 358 g/mol. The second-order valence-electron chi connectivity index (χ2n) is 6.15. The molecule has 132 valence electrons. The van der Waals surface area contributed by atoms with Crippen LogP contribution in [0.2, 0.25) is 0 Å². The van der Waals surface area contributed by atoms with Crippen molar-refractivity contribution in [2.75, 3.05) is 19.7 Å². The van der Waals surface area contributed by atoms with Gasteiger partial charge in [0.15, 0.2) is 6.61 Å². The molecule has 0 saturated carbocycles. The number of carbonyl (C=O) groups excluding carboxylic acids is 2. The number of hydrogen-bond acceptors (Lipinski definition) is 5. The summed E-state index contributed by atoms with van der Waals surface area (Å²) >= 11 is 1.31. The molecule has 0 bridgehead atoms. The molecule has 0 atom stereocenters. The Labute approximate surface area is 151 Å². The molecular weight excluding hydrogens is 336 g/mol. The number of thiazole rings is 1. The molecule has 2 heterocycles. The number of carbonyl (C=O) groups is 2. The third kappa shape index (κ3) is 4.07. The molecule has 0 aliphatic carbocycles. The van der Waals surface area contributed by atoms with Gasteiger partial charge in [-0.1, -0.05) is 31.2 Å². The number of amides is 1. The number of aryl methyl sites for hydroxylation is 2. The van der Waals surface area contributed by atoms with Gasteiger partial charge in [0.05, 0.1) is 5.69 Å². The van der Waals surface area contributed by atoms with Crippen molar-refractivity contribution in [3.05, 3.63) is 40.4 Å². The van der Waals surface area contributed by atoms with Gasteiger partial charge in [0.2, 0.25) is 0 Å². The predicted molar refractivity (Wildman–Crippen MR) is 97.8 cm³/mol. The lowest BCUT2D eigenvalue weighted by atomic mass is 10.1. The van der Waals surface area contributed by atoms with Gasteiger partial charge in [0.25, 0.3) is 5.91 Å². The van der Waals surface area contributed by atoms with Crippen LogP contribution in [0.4, 0.5) is 0 Å². The van der Waals surface area contributed by atoms with E-state index in [9.17, 15) is 9.59 Å². The SMILES string of the molecule is CCc1ccc(-c2nc(C)c(C(=O)OCC(=O)N3CCCC3)s2)cc1. The van der Waals surface area contributed by atoms with E-state index < -0.39 is 5.97 Å². The maximum absolute atomic E-state index is 12.3. The van der Waals surface area contributed by atoms with Gasteiger partial charge in [-0.25, -0.2) is 9.78 Å². The van der Waals surface area contributed by atoms with Gasteiger partial charge in [-0.3, -0.25) is 4.79 Å². The minimum Gasteiger partial charge on any atom is -0.451 e. The van der Waals surface area contributed by atoms with E-state index >= 15 is 0 Å². The van der Waals surface area contributed by atoms with Crippen molar-refractivity contribution in [2.45, 2.75) is 33.1 Å². The molecule has 1 saturated heterocycles. The molecule has 0 radical (unpaired) electrons. The summed E-state index contributed by atoms with van der Waals surface area (Å²) in [6, 6.07) is 8.17. The summed E-state index contributed by atoms with van der Waals surface area (Å²) in [5, 5.41) is 0.790. The van der Waals surface area contributed by atoms with Crippen LogP contribution < -0.4 is 0 Å². The zero-order valence-corrected chi connectivity index (χ0v) is 15.4. The van der Waals surface area contributed by atoms with Crippen molar-refractivity contribution in [3.8, 4) is 10.6 Å². The molecule has 6 heteroatoms. The Bertz CT molecular complexity index is 761. The molecule has 1 fully saturated rings. The molecule has 5 nitrogen and oxygen atoms in total. The van der Waals surface area contributed by atoms with Gasteiger partial charge >= 0.3 is 5.97 Å². The normalized spacial score (nSPS) is 13.9. The number of hydrogen-bond donors (Lipinski definition) is 0. The average Bonchev–Trinajstić information content (AvgIpc) is 3.29. The molecule has 0 spiro atoms. The van der Waals surface area contributed by atoms with Gasteiger partial charge < -0.3 is 9.64 Å². The standard InChI is InChI=1S/C19H22N2O3S/c1-3-14-6-8-15(9-7-14)18-20-13(2)17(25-18)19(23)24-12-16(22)21-10-4-5-11-21/h6-9H,3-5,10-12H2,1-2H3. The van der Waals surface area contributed by atoms with Crippen LogP contribution in [-0.4, -0.2) is 41.5 Å². The molecule has 1 aromatic carbocycles. The van der Waals surface area contributed by atoms with Crippen LogP contribution in [0, 0.1) is 6.92 Å². The van der Waals surface area contributed by atoms with Crippen LogP contribution >= 0.6 is 11.3 Å². The van der Waals surface area contributed by atoms with Crippen molar-refractivity contribution >= 4 is 23.2 Å². The quantitative estimate of drug-likeness (QED) is 0.768. The van der Waals surface area contributed by atoms with E-state index in [-0.39, 0.29) is 12.5 Å². The van der Waals surface area contributed by atoms with Crippen LogP contribution in [0.5, 0.6) is 0 Å². The smallest absolute Gasteiger partial charge is 0.350 e. The van der Waals surface area contributed by atoms with Gasteiger partial charge in [-0.2, -0.15) is 0 Å². The molecule has 3 rings (SSSR count). The summed E-state index contributed by atoms with van der Waals surface area (Å²) < 4.78 is 5.21. The monoisotopic (exact) mass is 358 g/mol. The van der Waals surface area contributed by atoms with Crippen LogP contribution in [0.3, 0.4) is 0 Å². The maximum atomic E-state index is 12.3. The third-order valence-corrected chi connectivity index (χ3v) is 5.56. The number of rotatable bonds is 5. The number of nitrogens with zero attached hydrogens (tertiary/aromatic N) is 2. The first-order valence-electron chi connectivity index (χ1n) is 8.60. The van der Waals surface area contributed by atoms with Crippen molar-refractivity contribution in [3.63, 3.8) is 0 Å². The van der Waals surface area contributed by atoms with Crippen molar-refractivity contribution < 1.29 is 14.3 Å². The van der Waals surface area contributed by atoms with E-state index in [0.717, 1.165) is 42.9 Å². The fourth-order valence-corrected chi connectivity index (χ4v) is 3.81. The second-order valence-corrected chi connectivity index (χ2v) is 7.15. The van der Waals surface area contributed by atoms with Gasteiger partial charge in [0.1, 0.15) is 9.88 Å². The lowest BCUT2D eigenvalue weighted by Crippen LogP contribution is -2.32. The van der Waals surface area contributed by atoms with E-state index in [2.05, 4.69) is 24.0 Å². The van der Waals surface area contributed by atoms with E-state index in [0.29, 0.717) is 10.6 Å². The summed E-state index contributed by atoms with van der Waals surface area (Å²) in [6.45, 7) is 5.22. The van der Waals surface area contributed by atoms with Crippen LogP contribution in [0.25, 0.3) is 10.6 Å². The number of ether oxygens (including phenoxy) is 1. The highest BCUT2D eigenvalue weighted by Crippen LogP contribution is 2.28. The number of aromatic nitrogens is 1. The van der Waals surface area contributed by atoms with Gasteiger partial charge in [0, 0.05) is 18.7 Å². The molecule has 1 amide bonds. The Morgan fingerprint density at radius 2 is 1.88 bits per heavy atom. The summed E-state index contributed by atoms with van der Waals surface area (Å²) in [5.74, 6) is -0.595. The molecule has 0 N–H and O–H groups in total. The van der Waals surface area contributed by atoms with E-state index in [1.807, 2.05) is 12.1 Å². The maximum Gasteiger partial charge on any atom is 0.350 e. The molecule has 0 unspecified atom stereocenters. The number of likely N-dealkylation sites (tertiary alicyclic amines) is 1. The lowest BCUT2D eigenvalue weighted by molar-refractivity contribution is -0.133. The minimum atomic E-state index is -0.473. The fraction of sp³-hybridized carbons (Fsp3) is 0.421. The first-order chi connectivity index (χ1) is 12.1. The first kappa shape index (κ1) is 17.6. The Kier molecular flexibility index (Phi) is 5.48. The van der Waals surface area contributed by atoms with Crippen molar-refractivity contribution in [2.24, 2.45) is 0 Å². The topological polar surface area (TPSA) is 59.5 Å². The Hall–Kier alpha value is -2.21. The van der Waals surface area contributed by atoms with Gasteiger partial charge in [-0.05, 0) is 31.7 Å². The van der Waals surface area contributed by atoms with Crippen molar-refractivity contribution in [1.82, 2.24) is 9.88 Å². The van der Waals surface area contributed by atoms with Crippen LogP contribution in [0.15, 0.2) is 24.3 Å². The van der Waals surface area contributed by atoms with Gasteiger partial charge in [-0.15, -0.1) is 11.3 Å².